The number of hydrogen-bond donors (Lipinski definition) is 2. The van der Waals surface area contributed by atoms with Gasteiger partial charge in [0.2, 0.25) is 6.04 Å². The van der Waals surface area contributed by atoms with Gasteiger partial charge in [-0.1, -0.05) is 0 Å². The molecule has 0 saturated carbocycles. The van der Waals surface area contributed by atoms with Gasteiger partial charge >= 0.3 is 0 Å². The normalized spacial score (nSPS) is 23.9. The molecule has 1 aliphatic heterocycles. The number of nitrogens with zero attached hydrogens (tertiary/aromatic N) is 1. The van der Waals surface area contributed by atoms with E-state index >= 15 is 0 Å². The third kappa shape index (κ3) is 0.975. The van der Waals surface area contributed by atoms with Gasteiger partial charge in [-0.2, -0.15) is 0 Å². The number of aliphatic imine (C=N–C) groups is 1. The van der Waals surface area contributed by atoms with Crippen LogP contribution in [-0.4, -0.2) is 23.7 Å². The van der Waals surface area contributed by atoms with E-state index in [0.717, 1.165) is 0 Å². The molecule has 1 rings (SSSR count). The number of nitrogens with two attached hydrogens (primary N) is 1. The van der Waals surface area contributed by atoms with Gasteiger partial charge in [-0.15, -0.1) is 0 Å². The Hall–Kier alpha value is -1.39. The molecule has 0 bridgehead atoms. The second-order valence-electron chi connectivity index (χ2n) is 2.01. The van der Waals surface area contributed by atoms with Crippen LogP contribution in [0.5, 0.6) is 0 Å². The highest BCUT2D eigenvalue weighted by Crippen LogP contribution is 1.97. The van der Waals surface area contributed by atoms with E-state index in [0.29, 0.717) is 5.84 Å². The second kappa shape index (κ2) is 2.09. The van der Waals surface area contributed by atoms with Gasteiger partial charge in [-0.25, -0.2) is 4.99 Å². The third-order valence-electron chi connectivity index (χ3n) is 1.14. The van der Waals surface area contributed by atoms with Crippen molar-refractivity contribution in [2.24, 2.45) is 10.7 Å². The minimum Gasteiger partial charge on any atom is -0.367 e. The first kappa shape index (κ1) is 6.73. The Bertz CT molecular complexity index is 221. The Balaban J connectivity index is 2.79. The van der Waals surface area contributed by atoms with Crippen LogP contribution in [-0.2, 0) is 9.59 Å². The van der Waals surface area contributed by atoms with Crippen molar-refractivity contribution in [2.75, 3.05) is 0 Å². The van der Waals surface area contributed by atoms with Crippen LogP contribution in [0.2, 0.25) is 0 Å². The van der Waals surface area contributed by atoms with Crippen LogP contribution in [0.1, 0.15) is 6.92 Å². The van der Waals surface area contributed by atoms with Gasteiger partial charge in [0.25, 0.3) is 11.8 Å². The minimum absolute atomic E-state index is 0.439. The number of amides is 2. The van der Waals surface area contributed by atoms with Crippen LogP contribution in [0, 0.1) is 0 Å². The number of carbonyl (C=O) groups is 2. The molecule has 1 atom stereocenters. The van der Waals surface area contributed by atoms with E-state index in [-0.39, 0.29) is 0 Å². The molecule has 2 amide bonds. The summed E-state index contributed by atoms with van der Waals surface area (Å²) in [7, 11) is 0. The lowest BCUT2D eigenvalue weighted by Crippen LogP contribution is -2.36. The van der Waals surface area contributed by atoms with Crippen LogP contribution in [0.3, 0.4) is 0 Å². The molecular weight excluding hydrogens is 134 g/mol. The summed E-state index contributed by atoms with van der Waals surface area (Å²) < 4.78 is 0. The van der Waals surface area contributed by atoms with Gasteiger partial charge in [0, 0.05) is 0 Å². The summed E-state index contributed by atoms with van der Waals surface area (Å²) in [4.78, 5) is 24.8. The van der Waals surface area contributed by atoms with Gasteiger partial charge in [0.15, 0.2) is 0 Å². The number of primary amides is 1. The summed E-state index contributed by atoms with van der Waals surface area (Å²) in [6.45, 7) is 1.60. The van der Waals surface area contributed by atoms with E-state index in [2.05, 4.69) is 10.3 Å². The smallest absolute Gasteiger partial charge is 0.259 e. The van der Waals surface area contributed by atoms with Crippen molar-refractivity contribution in [2.45, 2.75) is 13.0 Å². The van der Waals surface area contributed by atoms with Crippen LogP contribution in [0.15, 0.2) is 4.99 Å². The van der Waals surface area contributed by atoms with E-state index < -0.39 is 17.9 Å². The van der Waals surface area contributed by atoms with Crippen LogP contribution in [0.25, 0.3) is 0 Å². The predicted molar refractivity (Wildman–Crippen MR) is 34.2 cm³/mol. The highest BCUT2D eigenvalue weighted by molar-refractivity contribution is 6.15. The van der Waals surface area contributed by atoms with Crippen LogP contribution < -0.4 is 11.1 Å². The van der Waals surface area contributed by atoms with Crippen molar-refractivity contribution in [3.05, 3.63) is 0 Å². The Morgan fingerprint density at radius 3 is 2.60 bits per heavy atom. The van der Waals surface area contributed by atoms with E-state index in [9.17, 15) is 9.59 Å². The Labute approximate surface area is 57.3 Å². The fraction of sp³-hybridized carbons (Fsp3) is 0.400. The summed E-state index contributed by atoms with van der Waals surface area (Å²) >= 11 is 0. The van der Waals surface area contributed by atoms with Gasteiger partial charge in [-0.3, -0.25) is 9.59 Å². The molecule has 0 unspecified atom stereocenters. The molecule has 5 heteroatoms. The molecule has 10 heavy (non-hydrogen) atoms. The summed E-state index contributed by atoms with van der Waals surface area (Å²) in [6.07, 6.45) is 0. The maximum absolute atomic E-state index is 10.7. The Morgan fingerprint density at radius 1 is 1.80 bits per heavy atom. The van der Waals surface area contributed by atoms with Gasteiger partial charge in [0.05, 0.1) is 0 Å². The SMILES string of the molecule is CC1=N[C@H](C(N)=O)C(=O)N1. The molecule has 0 radical (unpaired) electrons. The summed E-state index contributed by atoms with van der Waals surface area (Å²) in [5.41, 5.74) is 4.84. The molecule has 0 aromatic rings. The lowest BCUT2D eigenvalue weighted by molar-refractivity contribution is -0.127. The molecule has 1 aliphatic rings. The van der Waals surface area contributed by atoms with E-state index in [1.54, 1.807) is 6.92 Å². The van der Waals surface area contributed by atoms with Crippen molar-refractivity contribution in [3.63, 3.8) is 0 Å². The Kier molecular flexibility index (Phi) is 1.41. The fourth-order valence-corrected chi connectivity index (χ4v) is 0.724. The van der Waals surface area contributed by atoms with Gasteiger partial charge in [-0.05, 0) is 6.92 Å². The molecule has 0 aromatic heterocycles. The topological polar surface area (TPSA) is 84.5 Å². The number of hydrogen-bond acceptors (Lipinski definition) is 3. The zero-order valence-electron chi connectivity index (χ0n) is 5.42. The highest BCUT2D eigenvalue weighted by Gasteiger charge is 2.28. The first-order valence-electron chi connectivity index (χ1n) is 2.76. The summed E-state index contributed by atoms with van der Waals surface area (Å²) in [5.74, 6) is -0.715. The standard InChI is InChI=1S/C5H7N3O2/c1-2-7-3(4(6)9)5(10)8-2/h3H,1H3,(H2,6,9)(H,7,8,10)/t3-/m1/s1. The largest absolute Gasteiger partial charge is 0.367 e. The summed E-state index contributed by atoms with van der Waals surface area (Å²) in [6, 6.07) is -1.01. The monoisotopic (exact) mass is 141 g/mol. The number of nitrogens with one attached hydrogen (secondary N) is 1. The number of amidine groups is 1. The highest BCUT2D eigenvalue weighted by atomic mass is 16.2. The average molecular weight is 141 g/mol. The molecule has 1 heterocycles. The third-order valence-corrected chi connectivity index (χ3v) is 1.14. The van der Waals surface area contributed by atoms with Crippen LogP contribution >= 0.6 is 0 Å². The second-order valence-corrected chi connectivity index (χ2v) is 2.01. The molecule has 54 valence electrons. The van der Waals surface area contributed by atoms with Crippen molar-refractivity contribution in [3.8, 4) is 0 Å². The molecule has 3 N–H and O–H groups in total. The fourth-order valence-electron chi connectivity index (χ4n) is 0.724. The van der Waals surface area contributed by atoms with Crippen molar-refractivity contribution < 1.29 is 9.59 Å². The quantitative estimate of drug-likeness (QED) is 0.430. The van der Waals surface area contributed by atoms with Crippen LogP contribution in [0.4, 0.5) is 0 Å². The minimum atomic E-state index is -1.01. The lowest BCUT2D eigenvalue weighted by atomic mass is 10.3. The maximum Gasteiger partial charge on any atom is 0.259 e. The van der Waals surface area contributed by atoms with Crippen molar-refractivity contribution in [1.29, 1.82) is 0 Å². The molecule has 5 nitrogen and oxygen atoms in total. The molecule has 0 saturated heterocycles. The molecule has 0 aliphatic carbocycles. The maximum atomic E-state index is 10.7. The molecule has 0 fully saturated rings. The van der Waals surface area contributed by atoms with Gasteiger partial charge < -0.3 is 11.1 Å². The van der Waals surface area contributed by atoms with Crippen molar-refractivity contribution >= 4 is 17.6 Å². The molecule has 0 spiro atoms. The molecule has 0 aromatic carbocycles. The van der Waals surface area contributed by atoms with E-state index in [1.165, 1.54) is 0 Å². The molecular formula is C5H7N3O2. The lowest BCUT2D eigenvalue weighted by Gasteiger charge is -1.95. The van der Waals surface area contributed by atoms with E-state index in [4.69, 9.17) is 5.73 Å². The first-order chi connectivity index (χ1) is 4.61. The van der Waals surface area contributed by atoms with Gasteiger partial charge in [0.1, 0.15) is 5.84 Å². The zero-order valence-corrected chi connectivity index (χ0v) is 5.42. The Morgan fingerprint density at radius 2 is 2.40 bits per heavy atom. The zero-order chi connectivity index (χ0) is 7.72. The van der Waals surface area contributed by atoms with E-state index in [1.807, 2.05) is 0 Å². The predicted octanol–water partition coefficient (Wildman–Crippen LogP) is -1.61. The summed E-state index contributed by atoms with van der Waals surface area (Å²) in [5, 5.41) is 2.36. The number of carbonyl (C=O) groups excluding carboxylic acids is 2. The average Bonchev–Trinajstić information content (AvgIpc) is 2.10. The van der Waals surface area contributed by atoms with Crippen molar-refractivity contribution in [1.82, 2.24) is 5.32 Å². The first-order valence-corrected chi connectivity index (χ1v) is 2.76. The number of rotatable bonds is 1.